The van der Waals surface area contributed by atoms with E-state index in [-0.39, 0.29) is 5.56 Å². The second kappa shape index (κ2) is 6.63. The Morgan fingerprint density at radius 2 is 1.85 bits per heavy atom. The molecule has 4 heteroatoms. The van der Waals surface area contributed by atoms with Gasteiger partial charge in [0.25, 0.3) is 5.91 Å². The first-order chi connectivity index (χ1) is 9.69. The fourth-order valence-corrected chi connectivity index (χ4v) is 1.91. The van der Waals surface area contributed by atoms with Crippen molar-refractivity contribution in [2.24, 2.45) is 0 Å². The zero-order valence-electron chi connectivity index (χ0n) is 10.7. The van der Waals surface area contributed by atoms with E-state index in [4.69, 9.17) is 5.21 Å². The highest BCUT2D eigenvalue weighted by Gasteiger charge is 2.08. The molecule has 2 N–H and O–H groups in total. The fraction of sp³-hybridized carbons (Fsp3) is 0.0625. The van der Waals surface area contributed by atoms with E-state index in [0.717, 1.165) is 11.6 Å². The van der Waals surface area contributed by atoms with Crippen molar-refractivity contribution in [2.75, 3.05) is 0 Å². The SMILES string of the molecule is O=C(NO)c1cc(F)cc(CC2=C/C=C\C=C/C=C\2)c1. The molecule has 0 fully saturated rings. The van der Waals surface area contributed by atoms with Crippen LogP contribution >= 0.6 is 0 Å². The van der Waals surface area contributed by atoms with Crippen LogP contribution in [0.2, 0.25) is 0 Å². The Morgan fingerprint density at radius 1 is 1.10 bits per heavy atom. The minimum atomic E-state index is -0.726. The third-order valence-electron chi connectivity index (χ3n) is 2.79. The lowest BCUT2D eigenvalue weighted by molar-refractivity contribution is 0.0706. The fourth-order valence-electron chi connectivity index (χ4n) is 1.91. The third kappa shape index (κ3) is 3.76. The van der Waals surface area contributed by atoms with Crippen LogP contribution in [0.15, 0.2) is 66.3 Å². The summed E-state index contributed by atoms with van der Waals surface area (Å²) in [6.45, 7) is 0. The number of nitrogens with one attached hydrogen (secondary N) is 1. The number of benzene rings is 1. The Labute approximate surface area is 116 Å². The van der Waals surface area contributed by atoms with Crippen molar-refractivity contribution in [3.63, 3.8) is 0 Å². The summed E-state index contributed by atoms with van der Waals surface area (Å²) in [4.78, 5) is 11.3. The van der Waals surface area contributed by atoms with E-state index >= 15 is 0 Å². The van der Waals surface area contributed by atoms with Crippen LogP contribution in [0.5, 0.6) is 0 Å². The first-order valence-electron chi connectivity index (χ1n) is 6.13. The number of hydrogen-bond acceptors (Lipinski definition) is 2. The highest BCUT2D eigenvalue weighted by Crippen LogP contribution is 2.15. The van der Waals surface area contributed by atoms with Crippen molar-refractivity contribution in [1.29, 1.82) is 0 Å². The molecule has 0 saturated heterocycles. The van der Waals surface area contributed by atoms with Gasteiger partial charge in [-0.15, -0.1) is 0 Å². The lowest BCUT2D eigenvalue weighted by Crippen LogP contribution is -2.19. The van der Waals surface area contributed by atoms with Gasteiger partial charge in [0.15, 0.2) is 0 Å². The molecular weight excluding hydrogens is 257 g/mol. The molecule has 0 saturated carbocycles. The highest BCUT2D eigenvalue weighted by molar-refractivity contribution is 5.93. The Morgan fingerprint density at radius 3 is 2.65 bits per heavy atom. The van der Waals surface area contributed by atoms with Crippen molar-refractivity contribution >= 4 is 5.91 Å². The molecule has 2 rings (SSSR count). The molecule has 0 heterocycles. The lowest BCUT2D eigenvalue weighted by atomic mass is 10.0. The predicted octanol–water partition coefficient (Wildman–Crippen LogP) is 3.10. The average Bonchev–Trinajstić information content (AvgIpc) is 2.40. The van der Waals surface area contributed by atoms with Gasteiger partial charge in [-0.25, -0.2) is 9.87 Å². The van der Waals surface area contributed by atoms with Crippen molar-refractivity contribution in [1.82, 2.24) is 5.48 Å². The molecular formula is C16H14FNO2. The molecule has 1 aromatic rings. The molecule has 3 nitrogen and oxygen atoms in total. The molecule has 0 aliphatic heterocycles. The first kappa shape index (κ1) is 14.0. The maximum Gasteiger partial charge on any atom is 0.274 e. The Kier molecular flexibility index (Phi) is 4.63. The zero-order valence-corrected chi connectivity index (χ0v) is 10.7. The van der Waals surface area contributed by atoms with Crippen LogP contribution in [0.4, 0.5) is 4.39 Å². The van der Waals surface area contributed by atoms with Crippen molar-refractivity contribution < 1.29 is 14.4 Å². The van der Waals surface area contributed by atoms with Gasteiger partial charge in [-0.1, -0.05) is 42.5 Å². The summed E-state index contributed by atoms with van der Waals surface area (Å²) < 4.78 is 13.5. The van der Waals surface area contributed by atoms with E-state index in [1.54, 1.807) is 6.07 Å². The summed E-state index contributed by atoms with van der Waals surface area (Å²) in [6, 6.07) is 4.02. The van der Waals surface area contributed by atoms with Gasteiger partial charge in [0, 0.05) is 5.56 Å². The summed E-state index contributed by atoms with van der Waals surface area (Å²) in [5.74, 6) is -1.23. The molecule has 102 valence electrons. The van der Waals surface area contributed by atoms with Gasteiger partial charge in [0.1, 0.15) is 5.82 Å². The molecule has 1 aromatic carbocycles. The highest BCUT2D eigenvalue weighted by atomic mass is 19.1. The molecule has 0 spiro atoms. The van der Waals surface area contributed by atoms with E-state index in [1.165, 1.54) is 11.5 Å². The summed E-state index contributed by atoms with van der Waals surface area (Å²) >= 11 is 0. The lowest BCUT2D eigenvalue weighted by Gasteiger charge is -2.06. The molecule has 0 bridgehead atoms. The maximum atomic E-state index is 13.5. The van der Waals surface area contributed by atoms with Crippen LogP contribution in [-0.2, 0) is 6.42 Å². The molecule has 1 aliphatic rings. The molecule has 0 atom stereocenters. The standard InChI is InChI=1S/C16H14FNO2/c17-15-10-13(9-14(11-15)16(19)18-20)8-12-6-4-2-1-3-5-7-12/h1-7,9-11,20H,8H2,(H,18,19)/b2-1-,3-1?,4-2?,5-3-,6-4-,7-5?,12-6?,12-7+. The molecule has 1 amide bonds. The Balaban J connectivity index is 2.25. The molecule has 20 heavy (non-hydrogen) atoms. The monoisotopic (exact) mass is 271 g/mol. The predicted molar refractivity (Wildman–Crippen MR) is 74.9 cm³/mol. The van der Waals surface area contributed by atoms with E-state index in [1.807, 2.05) is 42.5 Å². The van der Waals surface area contributed by atoms with Gasteiger partial charge in [-0.3, -0.25) is 10.0 Å². The normalized spacial score (nSPS) is 21.0. The van der Waals surface area contributed by atoms with Crippen LogP contribution in [-0.4, -0.2) is 11.1 Å². The smallest absolute Gasteiger partial charge is 0.274 e. The van der Waals surface area contributed by atoms with Crippen LogP contribution in [0.25, 0.3) is 0 Å². The maximum absolute atomic E-state index is 13.5. The first-order valence-corrected chi connectivity index (χ1v) is 6.13. The summed E-state index contributed by atoms with van der Waals surface area (Å²) in [6.07, 6.45) is 13.9. The van der Waals surface area contributed by atoms with Crippen LogP contribution in [0, 0.1) is 5.82 Å². The quantitative estimate of drug-likeness (QED) is 0.655. The zero-order chi connectivity index (χ0) is 14.4. The van der Waals surface area contributed by atoms with Gasteiger partial charge in [-0.2, -0.15) is 0 Å². The second-order valence-electron chi connectivity index (χ2n) is 4.34. The second-order valence-corrected chi connectivity index (χ2v) is 4.34. The van der Waals surface area contributed by atoms with Gasteiger partial charge >= 0.3 is 0 Å². The number of hydrogen-bond donors (Lipinski definition) is 2. The molecule has 1 aliphatic carbocycles. The van der Waals surface area contributed by atoms with Gasteiger partial charge in [0.05, 0.1) is 0 Å². The van der Waals surface area contributed by atoms with Crippen molar-refractivity contribution in [3.05, 3.63) is 83.2 Å². The Bertz CT molecular complexity index is 627. The molecule has 0 radical (unpaired) electrons. The van der Waals surface area contributed by atoms with Crippen LogP contribution < -0.4 is 5.48 Å². The molecule has 0 unspecified atom stereocenters. The van der Waals surface area contributed by atoms with E-state index in [9.17, 15) is 9.18 Å². The third-order valence-corrected chi connectivity index (χ3v) is 2.79. The van der Waals surface area contributed by atoms with Gasteiger partial charge in [0.2, 0.25) is 0 Å². The van der Waals surface area contributed by atoms with Crippen molar-refractivity contribution in [2.45, 2.75) is 6.42 Å². The topological polar surface area (TPSA) is 49.3 Å². The number of allylic oxidation sites excluding steroid dienone is 8. The number of rotatable bonds is 3. The van der Waals surface area contributed by atoms with Gasteiger partial charge < -0.3 is 0 Å². The molecule has 0 aromatic heterocycles. The van der Waals surface area contributed by atoms with E-state index < -0.39 is 11.7 Å². The van der Waals surface area contributed by atoms with E-state index in [2.05, 4.69) is 0 Å². The number of halogens is 1. The number of hydroxylamine groups is 1. The summed E-state index contributed by atoms with van der Waals surface area (Å²) in [5.41, 5.74) is 3.25. The number of amides is 1. The number of carbonyl (C=O) groups is 1. The minimum Gasteiger partial charge on any atom is -0.288 e. The Hall–Kier alpha value is -2.46. The average molecular weight is 271 g/mol. The minimum absolute atomic E-state index is 0.0911. The van der Waals surface area contributed by atoms with Crippen LogP contribution in [0.1, 0.15) is 15.9 Å². The largest absolute Gasteiger partial charge is 0.288 e. The van der Waals surface area contributed by atoms with E-state index in [0.29, 0.717) is 12.0 Å². The van der Waals surface area contributed by atoms with Gasteiger partial charge in [-0.05, 0) is 35.8 Å². The van der Waals surface area contributed by atoms with Crippen molar-refractivity contribution in [3.8, 4) is 0 Å². The number of carbonyl (C=O) groups excluding carboxylic acids is 1. The summed E-state index contributed by atoms with van der Waals surface area (Å²) in [7, 11) is 0. The van der Waals surface area contributed by atoms with Crippen LogP contribution in [0.3, 0.4) is 0 Å². The summed E-state index contributed by atoms with van der Waals surface area (Å²) in [5, 5.41) is 8.60.